The number of carbonyl (C=O) groups excluding carboxylic acids is 1. The van der Waals surface area contributed by atoms with E-state index in [-0.39, 0.29) is 5.97 Å². The van der Waals surface area contributed by atoms with Crippen LogP contribution >= 0.6 is 0 Å². The molecule has 0 aliphatic carbocycles. The van der Waals surface area contributed by atoms with Gasteiger partial charge in [0.05, 0.1) is 6.61 Å². The maximum atomic E-state index is 11.6. The predicted molar refractivity (Wildman–Crippen MR) is 96.1 cm³/mol. The van der Waals surface area contributed by atoms with Gasteiger partial charge in [-0.25, -0.2) is 4.79 Å². The van der Waals surface area contributed by atoms with E-state index in [1.807, 2.05) is 0 Å². The molecular weight excluding hydrogens is 272 g/mol. The molecule has 0 rings (SSSR count). The van der Waals surface area contributed by atoms with Crippen molar-refractivity contribution in [1.82, 2.24) is 0 Å². The van der Waals surface area contributed by atoms with Gasteiger partial charge in [-0.05, 0) is 19.3 Å². The van der Waals surface area contributed by atoms with Crippen LogP contribution in [0.2, 0.25) is 0 Å². The molecular formula is C20H38O2. The molecule has 0 radical (unpaired) electrons. The first-order valence-corrected chi connectivity index (χ1v) is 9.57. The number of hydrogen-bond acceptors (Lipinski definition) is 2. The molecule has 0 atom stereocenters. The van der Waals surface area contributed by atoms with E-state index in [2.05, 4.69) is 20.4 Å². The second kappa shape index (κ2) is 16.6. The Morgan fingerprint density at radius 1 is 0.727 bits per heavy atom. The van der Waals surface area contributed by atoms with E-state index in [1.54, 1.807) is 0 Å². The van der Waals surface area contributed by atoms with Crippen LogP contribution in [0.15, 0.2) is 12.2 Å². The van der Waals surface area contributed by atoms with Crippen molar-refractivity contribution >= 4 is 5.97 Å². The molecule has 2 heteroatoms. The van der Waals surface area contributed by atoms with Crippen molar-refractivity contribution in [3.8, 4) is 0 Å². The van der Waals surface area contributed by atoms with Gasteiger partial charge >= 0.3 is 5.97 Å². The molecule has 130 valence electrons. The first-order valence-electron chi connectivity index (χ1n) is 9.57. The van der Waals surface area contributed by atoms with Crippen LogP contribution in [0.3, 0.4) is 0 Å². The predicted octanol–water partition coefficient (Wildman–Crippen LogP) is 6.59. The van der Waals surface area contributed by atoms with Gasteiger partial charge in [-0.15, -0.1) is 0 Å². The second-order valence-electron chi connectivity index (χ2n) is 6.38. The van der Waals surface area contributed by atoms with Gasteiger partial charge in [0.2, 0.25) is 0 Å². The van der Waals surface area contributed by atoms with Crippen molar-refractivity contribution in [3.63, 3.8) is 0 Å². The van der Waals surface area contributed by atoms with Gasteiger partial charge in [0.25, 0.3) is 0 Å². The van der Waals surface area contributed by atoms with Crippen molar-refractivity contribution in [2.75, 3.05) is 6.61 Å². The van der Waals surface area contributed by atoms with Crippen LogP contribution in [0, 0.1) is 0 Å². The standard InChI is InChI=1S/C20H38O2/c1-4-6-8-9-10-11-12-13-14-15-16-18-22-20(21)19(3)17-7-5-2/h3-18H2,1-2H3. The first kappa shape index (κ1) is 21.2. The van der Waals surface area contributed by atoms with Crippen LogP contribution in [-0.4, -0.2) is 12.6 Å². The summed E-state index contributed by atoms with van der Waals surface area (Å²) in [5, 5.41) is 0. The molecule has 0 heterocycles. The third kappa shape index (κ3) is 14.2. The third-order valence-electron chi connectivity index (χ3n) is 4.10. The van der Waals surface area contributed by atoms with E-state index in [0.29, 0.717) is 12.2 Å². The zero-order valence-corrected chi connectivity index (χ0v) is 15.1. The van der Waals surface area contributed by atoms with Gasteiger partial charge in [0.1, 0.15) is 0 Å². The van der Waals surface area contributed by atoms with Crippen LogP contribution in [-0.2, 0) is 9.53 Å². The minimum Gasteiger partial charge on any atom is -0.462 e. The number of ether oxygens (including phenoxy) is 1. The van der Waals surface area contributed by atoms with Gasteiger partial charge in [0.15, 0.2) is 0 Å². The highest BCUT2D eigenvalue weighted by Crippen LogP contribution is 2.12. The number of carbonyl (C=O) groups is 1. The van der Waals surface area contributed by atoms with Gasteiger partial charge < -0.3 is 4.74 Å². The number of hydrogen-bond donors (Lipinski definition) is 0. The Morgan fingerprint density at radius 2 is 1.18 bits per heavy atom. The average molecular weight is 311 g/mol. The molecule has 2 nitrogen and oxygen atoms in total. The zero-order valence-electron chi connectivity index (χ0n) is 15.1. The molecule has 0 N–H and O–H groups in total. The highest BCUT2D eigenvalue weighted by molar-refractivity contribution is 5.87. The molecule has 0 saturated heterocycles. The fourth-order valence-corrected chi connectivity index (χ4v) is 2.53. The molecule has 0 aromatic rings. The van der Waals surface area contributed by atoms with Gasteiger partial charge in [0, 0.05) is 5.57 Å². The SMILES string of the molecule is C=C(CCCC)C(=O)OCCCCCCCCCCCCC. The van der Waals surface area contributed by atoms with Crippen LogP contribution in [0.25, 0.3) is 0 Å². The highest BCUT2D eigenvalue weighted by atomic mass is 16.5. The third-order valence-corrected chi connectivity index (χ3v) is 4.10. The van der Waals surface area contributed by atoms with Crippen LogP contribution < -0.4 is 0 Å². The van der Waals surface area contributed by atoms with E-state index < -0.39 is 0 Å². The lowest BCUT2D eigenvalue weighted by Crippen LogP contribution is -2.08. The van der Waals surface area contributed by atoms with E-state index in [0.717, 1.165) is 25.7 Å². The van der Waals surface area contributed by atoms with Crippen molar-refractivity contribution < 1.29 is 9.53 Å². The van der Waals surface area contributed by atoms with Crippen molar-refractivity contribution in [2.45, 2.75) is 104 Å². The Balaban J connectivity index is 3.23. The minimum absolute atomic E-state index is 0.194. The maximum absolute atomic E-state index is 11.6. The monoisotopic (exact) mass is 310 g/mol. The Morgan fingerprint density at radius 3 is 1.68 bits per heavy atom. The van der Waals surface area contributed by atoms with E-state index in [4.69, 9.17) is 4.74 Å². The Hall–Kier alpha value is -0.790. The summed E-state index contributed by atoms with van der Waals surface area (Å²) in [7, 11) is 0. The molecule has 0 unspecified atom stereocenters. The molecule has 0 bridgehead atoms. The summed E-state index contributed by atoms with van der Waals surface area (Å²) in [4.78, 5) is 11.6. The molecule has 22 heavy (non-hydrogen) atoms. The molecule has 0 aliphatic heterocycles. The zero-order chi connectivity index (χ0) is 16.5. The van der Waals surface area contributed by atoms with Gasteiger partial charge in [-0.1, -0.05) is 91.1 Å². The van der Waals surface area contributed by atoms with Crippen molar-refractivity contribution in [2.24, 2.45) is 0 Å². The molecule has 0 fully saturated rings. The molecule has 0 aromatic heterocycles. The molecule has 0 spiro atoms. The summed E-state index contributed by atoms with van der Waals surface area (Å²) >= 11 is 0. The maximum Gasteiger partial charge on any atom is 0.333 e. The topological polar surface area (TPSA) is 26.3 Å². The summed E-state index contributed by atoms with van der Waals surface area (Å²) in [6.07, 6.45) is 17.3. The normalized spacial score (nSPS) is 10.6. The van der Waals surface area contributed by atoms with E-state index in [9.17, 15) is 4.79 Å². The number of unbranched alkanes of at least 4 members (excludes halogenated alkanes) is 11. The summed E-state index contributed by atoms with van der Waals surface area (Å²) in [6, 6.07) is 0. The lowest BCUT2D eigenvalue weighted by Gasteiger charge is -2.06. The molecule has 0 aromatic carbocycles. The van der Waals surface area contributed by atoms with Gasteiger partial charge in [-0.2, -0.15) is 0 Å². The lowest BCUT2D eigenvalue weighted by atomic mass is 10.1. The van der Waals surface area contributed by atoms with E-state index >= 15 is 0 Å². The number of rotatable bonds is 16. The lowest BCUT2D eigenvalue weighted by molar-refractivity contribution is -0.139. The summed E-state index contributed by atoms with van der Waals surface area (Å²) in [6.45, 7) is 8.73. The Labute approximate surface area is 138 Å². The molecule has 0 saturated carbocycles. The largest absolute Gasteiger partial charge is 0.462 e. The first-order chi connectivity index (χ1) is 10.7. The Kier molecular flexibility index (Phi) is 16.0. The van der Waals surface area contributed by atoms with Crippen LogP contribution in [0.5, 0.6) is 0 Å². The van der Waals surface area contributed by atoms with E-state index in [1.165, 1.54) is 64.2 Å². The van der Waals surface area contributed by atoms with Crippen LogP contribution in [0.1, 0.15) is 104 Å². The smallest absolute Gasteiger partial charge is 0.333 e. The highest BCUT2D eigenvalue weighted by Gasteiger charge is 2.07. The Bertz CT molecular complexity index is 271. The van der Waals surface area contributed by atoms with Crippen molar-refractivity contribution in [1.29, 1.82) is 0 Å². The van der Waals surface area contributed by atoms with Crippen molar-refractivity contribution in [3.05, 3.63) is 12.2 Å². The summed E-state index contributed by atoms with van der Waals surface area (Å²) in [5.41, 5.74) is 0.630. The fraction of sp³-hybridized carbons (Fsp3) is 0.850. The number of esters is 1. The minimum atomic E-state index is -0.194. The molecule has 0 amide bonds. The quantitative estimate of drug-likeness (QED) is 0.183. The van der Waals surface area contributed by atoms with Gasteiger partial charge in [-0.3, -0.25) is 0 Å². The summed E-state index contributed by atoms with van der Waals surface area (Å²) < 4.78 is 5.25. The fourth-order valence-electron chi connectivity index (χ4n) is 2.53. The summed E-state index contributed by atoms with van der Waals surface area (Å²) in [5.74, 6) is -0.194. The molecule has 0 aliphatic rings. The van der Waals surface area contributed by atoms with Crippen LogP contribution in [0.4, 0.5) is 0 Å². The second-order valence-corrected chi connectivity index (χ2v) is 6.38. The average Bonchev–Trinajstić information content (AvgIpc) is 2.53.